The Balaban J connectivity index is 1.78. The molecule has 0 bridgehead atoms. The lowest BCUT2D eigenvalue weighted by Crippen LogP contribution is -2.29. The standard InChI is InChI=1S/C23H18ClN3O3S/c1-11(2)13-4-6-14(7-5-13)19-18-20(28)16-10-15(24)8-9-17(16)30-21(18)22(29)27(19)23-26-25-12(3)31-23/h4-11,19H,1-3H3/t19-/m0/s1. The highest BCUT2D eigenvalue weighted by atomic mass is 35.5. The van der Waals surface area contributed by atoms with Crippen LogP contribution in [0.15, 0.2) is 51.7 Å². The highest BCUT2D eigenvalue weighted by Gasteiger charge is 2.45. The van der Waals surface area contributed by atoms with Crippen LogP contribution in [0.2, 0.25) is 5.02 Å². The van der Waals surface area contributed by atoms with Crippen LogP contribution in [0.5, 0.6) is 0 Å². The Bertz CT molecular complexity index is 1390. The highest BCUT2D eigenvalue weighted by molar-refractivity contribution is 7.15. The van der Waals surface area contributed by atoms with E-state index in [1.165, 1.54) is 21.8 Å². The fraction of sp³-hybridized carbons (Fsp3) is 0.217. The first-order valence-corrected chi connectivity index (χ1v) is 11.0. The summed E-state index contributed by atoms with van der Waals surface area (Å²) in [4.78, 5) is 28.5. The summed E-state index contributed by atoms with van der Waals surface area (Å²) in [7, 11) is 0. The van der Waals surface area contributed by atoms with Crippen LogP contribution in [0.1, 0.15) is 58.1 Å². The fourth-order valence-electron chi connectivity index (χ4n) is 3.90. The van der Waals surface area contributed by atoms with E-state index in [1.807, 2.05) is 31.2 Å². The van der Waals surface area contributed by atoms with Crippen molar-refractivity contribution in [2.45, 2.75) is 32.7 Å². The van der Waals surface area contributed by atoms with Gasteiger partial charge >= 0.3 is 0 Å². The number of amides is 1. The summed E-state index contributed by atoms with van der Waals surface area (Å²) >= 11 is 7.42. The lowest BCUT2D eigenvalue weighted by Gasteiger charge is -2.22. The second kappa shape index (κ2) is 7.28. The summed E-state index contributed by atoms with van der Waals surface area (Å²) < 4.78 is 5.93. The molecule has 4 aromatic rings. The van der Waals surface area contributed by atoms with Crippen molar-refractivity contribution >= 4 is 44.9 Å². The number of benzene rings is 2. The molecule has 5 rings (SSSR count). The Labute approximate surface area is 187 Å². The van der Waals surface area contributed by atoms with Crippen molar-refractivity contribution in [3.05, 3.63) is 85.2 Å². The van der Waals surface area contributed by atoms with Crippen molar-refractivity contribution in [2.24, 2.45) is 0 Å². The SMILES string of the molecule is Cc1nnc(N2C(=O)c3oc4ccc(Cl)cc4c(=O)c3[C@@H]2c2ccc(C(C)C)cc2)s1. The van der Waals surface area contributed by atoms with Crippen LogP contribution < -0.4 is 10.3 Å². The first-order valence-electron chi connectivity index (χ1n) is 9.85. The summed E-state index contributed by atoms with van der Waals surface area (Å²) in [5, 5.41) is 10.2. The number of rotatable bonds is 3. The minimum Gasteiger partial charge on any atom is -0.450 e. The van der Waals surface area contributed by atoms with E-state index in [0.717, 1.165) is 10.6 Å². The van der Waals surface area contributed by atoms with Crippen LogP contribution in [0.3, 0.4) is 0 Å². The van der Waals surface area contributed by atoms with Gasteiger partial charge in [0.25, 0.3) is 5.91 Å². The van der Waals surface area contributed by atoms with Crippen molar-refractivity contribution in [1.82, 2.24) is 10.2 Å². The van der Waals surface area contributed by atoms with E-state index in [1.54, 1.807) is 18.2 Å². The van der Waals surface area contributed by atoms with E-state index in [0.29, 0.717) is 32.6 Å². The molecule has 31 heavy (non-hydrogen) atoms. The molecule has 0 N–H and O–H groups in total. The largest absolute Gasteiger partial charge is 0.450 e. The molecule has 1 amide bonds. The summed E-state index contributed by atoms with van der Waals surface area (Å²) in [6, 6.07) is 12.1. The summed E-state index contributed by atoms with van der Waals surface area (Å²) in [5.74, 6) is -0.00624. The maximum absolute atomic E-state index is 13.5. The molecule has 0 saturated carbocycles. The zero-order chi connectivity index (χ0) is 21.9. The van der Waals surface area contributed by atoms with Crippen molar-refractivity contribution in [1.29, 1.82) is 0 Å². The van der Waals surface area contributed by atoms with Gasteiger partial charge < -0.3 is 4.42 Å². The summed E-state index contributed by atoms with van der Waals surface area (Å²) in [5.41, 5.74) is 2.33. The molecule has 3 heterocycles. The predicted molar refractivity (Wildman–Crippen MR) is 121 cm³/mol. The van der Waals surface area contributed by atoms with Gasteiger partial charge in [0, 0.05) is 5.02 Å². The van der Waals surface area contributed by atoms with Gasteiger partial charge in [0.1, 0.15) is 10.6 Å². The topological polar surface area (TPSA) is 76.3 Å². The van der Waals surface area contributed by atoms with Crippen molar-refractivity contribution in [2.75, 3.05) is 4.90 Å². The van der Waals surface area contributed by atoms with Crippen molar-refractivity contribution in [3.63, 3.8) is 0 Å². The predicted octanol–water partition coefficient (Wildman–Crippen LogP) is 5.48. The van der Waals surface area contributed by atoms with E-state index in [4.69, 9.17) is 16.0 Å². The van der Waals surface area contributed by atoms with E-state index in [9.17, 15) is 9.59 Å². The molecule has 0 saturated heterocycles. The lowest BCUT2D eigenvalue weighted by atomic mass is 9.95. The van der Waals surface area contributed by atoms with E-state index >= 15 is 0 Å². The minimum absolute atomic E-state index is 0.0330. The number of carbonyl (C=O) groups is 1. The van der Waals surface area contributed by atoms with Gasteiger partial charge in [0.05, 0.1) is 17.0 Å². The van der Waals surface area contributed by atoms with Gasteiger partial charge in [-0.3, -0.25) is 14.5 Å². The number of carbonyl (C=O) groups excluding carboxylic acids is 1. The van der Waals surface area contributed by atoms with Crippen LogP contribution in [0.4, 0.5) is 5.13 Å². The second-order valence-electron chi connectivity index (χ2n) is 7.82. The van der Waals surface area contributed by atoms with Gasteiger partial charge in [0.15, 0.2) is 5.43 Å². The molecule has 156 valence electrons. The zero-order valence-electron chi connectivity index (χ0n) is 17.0. The lowest BCUT2D eigenvalue weighted by molar-refractivity contribution is 0.0970. The number of aromatic nitrogens is 2. The number of halogens is 1. The first-order chi connectivity index (χ1) is 14.8. The average Bonchev–Trinajstić information content (AvgIpc) is 3.30. The Morgan fingerprint density at radius 2 is 1.84 bits per heavy atom. The number of hydrogen-bond acceptors (Lipinski definition) is 6. The highest BCUT2D eigenvalue weighted by Crippen LogP contribution is 2.42. The fourth-order valence-corrected chi connectivity index (χ4v) is 4.79. The maximum Gasteiger partial charge on any atom is 0.297 e. The molecular formula is C23H18ClN3O3S. The maximum atomic E-state index is 13.5. The Kier molecular flexibility index (Phi) is 4.68. The molecule has 1 atom stereocenters. The van der Waals surface area contributed by atoms with Gasteiger partial charge in [-0.15, -0.1) is 10.2 Å². The number of fused-ring (bicyclic) bond motifs is 2. The van der Waals surface area contributed by atoms with Crippen molar-refractivity contribution < 1.29 is 9.21 Å². The molecule has 0 radical (unpaired) electrons. The molecule has 1 aliphatic rings. The van der Waals surface area contributed by atoms with Crippen LogP contribution in [-0.4, -0.2) is 16.1 Å². The Hall–Kier alpha value is -3.03. The van der Waals surface area contributed by atoms with Gasteiger partial charge in [0.2, 0.25) is 10.9 Å². The summed E-state index contributed by atoms with van der Waals surface area (Å²) in [6.45, 7) is 6.05. The van der Waals surface area contributed by atoms with Gasteiger partial charge in [-0.2, -0.15) is 0 Å². The molecule has 0 fully saturated rings. The van der Waals surface area contributed by atoms with E-state index in [-0.39, 0.29) is 11.2 Å². The third kappa shape index (κ3) is 3.16. The molecule has 8 heteroatoms. The molecule has 0 aliphatic carbocycles. The molecule has 6 nitrogen and oxygen atoms in total. The zero-order valence-corrected chi connectivity index (χ0v) is 18.6. The molecule has 0 spiro atoms. The van der Waals surface area contributed by atoms with E-state index in [2.05, 4.69) is 24.0 Å². The molecular weight excluding hydrogens is 434 g/mol. The number of hydrogen-bond donors (Lipinski definition) is 0. The van der Waals surface area contributed by atoms with Crippen LogP contribution in [0.25, 0.3) is 11.0 Å². The number of anilines is 1. The molecule has 1 aliphatic heterocycles. The molecule has 0 unspecified atom stereocenters. The molecule has 2 aromatic carbocycles. The smallest absolute Gasteiger partial charge is 0.297 e. The number of nitrogens with zero attached hydrogens (tertiary/aromatic N) is 3. The third-order valence-corrected chi connectivity index (χ3v) is 6.55. The minimum atomic E-state index is -0.657. The quantitative estimate of drug-likeness (QED) is 0.412. The normalized spacial score (nSPS) is 15.8. The molecule has 2 aromatic heterocycles. The first kappa shape index (κ1) is 19.9. The van der Waals surface area contributed by atoms with Crippen molar-refractivity contribution in [3.8, 4) is 0 Å². The van der Waals surface area contributed by atoms with Gasteiger partial charge in [-0.1, -0.05) is 61.1 Å². The van der Waals surface area contributed by atoms with Crippen LogP contribution in [-0.2, 0) is 0 Å². The Morgan fingerprint density at radius 3 is 2.48 bits per heavy atom. The van der Waals surface area contributed by atoms with Gasteiger partial charge in [-0.25, -0.2) is 0 Å². The van der Waals surface area contributed by atoms with E-state index < -0.39 is 11.9 Å². The summed E-state index contributed by atoms with van der Waals surface area (Å²) in [6.07, 6.45) is 0. The van der Waals surface area contributed by atoms with Gasteiger partial charge in [-0.05, 0) is 42.2 Å². The van der Waals surface area contributed by atoms with Crippen LogP contribution in [0, 0.1) is 6.92 Å². The second-order valence-corrected chi connectivity index (χ2v) is 9.41. The monoisotopic (exact) mass is 451 g/mol. The average molecular weight is 452 g/mol. The number of aryl methyl sites for hydroxylation is 1. The third-order valence-electron chi connectivity index (χ3n) is 5.47. The van der Waals surface area contributed by atoms with Crippen LogP contribution >= 0.6 is 22.9 Å². The Morgan fingerprint density at radius 1 is 1.10 bits per heavy atom.